The van der Waals surface area contributed by atoms with Crippen molar-refractivity contribution in [1.29, 1.82) is 0 Å². The van der Waals surface area contributed by atoms with Gasteiger partial charge in [-0.15, -0.1) is 0 Å². The van der Waals surface area contributed by atoms with Crippen LogP contribution in [0.3, 0.4) is 0 Å². The van der Waals surface area contributed by atoms with Crippen molar-refractivity contribution in [2.24, 2.45) is 0 Å². The van der Waals surface area contributed by atoms with Crippen LogP contribution in [0.5, 0.6) is 0 Å². The zero-order valence-corrected chi connectivity index (χ0v) is 6.43. The van der Waals surface area contributed by atoms with Crippen LogP contribution in [0.4, 0.5) is 0 Å². The Morgan fingerprint density at radius 1 is 1.40 bits per heavy atom. The number of rotatable bonds is 0. The molecule has 2 heteroatoms. The van der Waals surface area contributed by atoms with Crippen molar-refractivity contribution in [2.45, 2.75) is 20.8 Å². The van der Waals surface area contributed by atoms with Crippen molar-refractivity contribution in [1.82, 2.24) is 0 Å². The molecule has 0 bridgehead atoms. The van der Waals surface area contributed by atoms with Crippen molar-refractivity contribution in [3.63, 3.8) is 0 Å². The molecule has 0 aliphatic carbocycles. The predicted molar refractivity (Wildman–Crippen MR) is 38.4 cm³/mol. The molecule has 0 saturated carbocycles. The minimum absolute atomic E-state index is 0.736. The lowest BCUT2D eigenvalue weighted by Gasteiger charge is -2.03. The molecule has 0 amide bonds. The third-order valence-corrected chi connectivity index (χ3v) is 1.84. The number of hydrogen-bond acceptors (Lipinski definition) is 1. The SMILES string of the molecule is Cc1c[c][n+]([O-])c(C)c1C. The number of aryl methyl sites for hydroxylation is 1. The van der Waals surface area contributed by atoms with Crippen LogP contribution in [-0.4, -0.2) is 0 Å². The molecule has 0 aliphatic heterocycles. The molecular weight excluding hydrogens is 126 g/mol. The molecule has 1 rings (SSSR count). The van der Waals surface area contributed by atoms with Crippen LogP contribution in [-0.2, 0) is 0 Å². The van der Waals surface area contributed by atoms with Crippen LogP contribution in [0, 0.1) is 32.2 Å². The van der Waals surface area contributed by atoms with Crippen molar-refractivity contribution >= 4 is 0 Å². The highest BCUT2D eigenvalue weighted by Gasteiger charge is 2.04. The molecule has 2 nitrogen and oxygen atoms in total. The third-order valence-electron chi connectivity index (χ3n) is 1.84. The first-order valence-corrected chi connectivity index (χ1v) is 3.21. The highest BCUT2D eigenvalue weighted by atomic mass is 16.5. The molecule has 0 saturated heterocycles. The maximum Gasteiger partial charge on any atom is 0.290 e. The molecule has 0 aromatic carbocycles. The van der Waals surface area contributed by atoms with Gasteiger partial charge in [0.2, 0.25) is 0 Å². The first-order valence-electron chi connectivity index (χ1n) is 3.21. The van der Waals surface area contributed by atoms with E-state index in [1.165, 1.54) is 0 Å². The fraction of sp³-hybridized carbons (Fsp3) is 0.375. The van der Waals surface area contributed by atoms with Gasteiger partial charge in [-0.05, 0) is 19.4 Å². The Morgan fingerprint density at radius 3 is 2.50 bits per heavy atom. The quantitative estimate of drug-likeness (QED) is 0.387. The molecule has 0 spiro atoms. The average Bonchev–Trinajstić information content (AvgIpc) is 1.93. The summed E-state index contributed by atoms with van der Waals surface area (Å²) in [6.45, 7) is 5.71. The maximum absolute atomic E-state index is 10.9. The lowest BCUT2D eigenvalue weighted by molar-refractivity contribution is -0.617. The number of pyridine rings is 1. The van der Waals surface area contributed by atoms with Gasteiger partial charge in [0.05, 0.1) is 0 Å². The minimum atomic E-state index is 0.736. The van der Waals surface area contributed by atoms with Crippen molar-refractivity contribution < 1.29 is 4.73 Å². The van der Waals surface area contributed by atoms with Crippen LogP contribution < -0.4 is 4.73 Å². The predicted octanol–water partition coefficient (Wildman–Crippen LogP) is 1.05. The van der Waals surface area contributed by atoms with E-state index < -0.39 is 0 Å². The van der Waals surface area contributed by atoms with Gasteiger partial charge in [-0.1, -0.05) is 0 Å². The Balaban J connectivity index is 3.34. The second-order valence-corrected chi connectivity index (χ2v) is 2.46. The van der Waals surface area contributed by atoms with Crippen molar-refractivity contribution in [3.8, 4) is 0 Å². The molecular formula is C8H10NO. The molecule has 53 valence electrons. The van der Waals surface area contributed by atoms with E-state index in [0.29, 0.717) is 0 Å². The lowest BCUT2D eigenvalue weighted by atomic mass is 10.1. The molecule has 10 heavy (non-hydrogen) atoms. The number of aromatic nitrogens is 1. The van der Waals surface area contributed by atoms with E-state index in [4.69, 9.17) is 0 Å². The smallest absolute Gasteiger partial charge is 0.290 e. The normalized spacial score (nSPS) is 9.90. The first-order chi connectivity index (χ1) is 4.63. The van der Waals surface area contributed by atoms with Crippen molar-refractivity contribution in [2.75, 3.05) is 0 Å². The summed E-state index contributed by atoms with van der Waals surface area (Å²) < 4.78 is 0.766. The van der Waals surface area contributed by atoms with Gasteiger partial charge < -0.3 is 5.21 Å². The Morgan fingerprint density at radius 2 is 2.00 bits per heavy atom. The van der Waals surface area contributed by atoms with Crippen LogP contribution in [0.15, 0.2) is 6.07 Å². The summed E-state index contributed by atoms with van der Waals surface area (Å²) in [5, 5.41) is 10.9. The molecule has 1 radical (unpaired) electrons. The zero-order valence-electron chi connectivity index (χ0n) is 6.43. The molecule has 1 aromatic heterocycles. The third kappa shape index (κ3) is 0.967. The number of nitrogens with zero attached hydrogens (tertiary/aromatic N) is 1. The summed E-state index contributed by atoms with van der Waals surface area (Å²) in [5.74, 6) is 0. The van der Waals surface area contributed by atoms with Gasteiger partial charge in [-0.25, -0.2) is 0 Å². The molecule has 0 fully saturated rings. The average molecular weight is 136 g/mol. The Hall–Kier alpha value is -1.05. The van der Waals surface area contributed by atoms with Gasteiger partial charge in [0, 0.05) is 18.6 Å². The second kappa shape index (κ2) is 2.29. The topological polar surface area (TPSA) is 26.9 Å². The summed E-state index contributed by atoms with van der Waals surface area (Å²) in [6, 6.07) is 1.70. The van der Waals surface area contributed by atoms with Crippen molar-refractivity contribution in [3.05, 3.63) is 34.3 Å². The van der Waals surface area contributed by atoms with Crippen LogP contribution in [0.25, 0.3) is 0 Å². The molecule has 0 atom stereocenters. The summed E-state index contributed by atoms with van der Waals surface area (Å²) in [6.07, 6.45) is 2.57. The fourth-order valence-corrected chi connectivity index (χ4v) is 0.798. The lowest BCUT2D eigenvalue weighted by Crippen LogP contribution is -2.31. The fourth-order valence-electron chi connectivity index (χ4n) is 0.798. The largest absolute Gasteiger partial charge is 0.618 e. The maximum atomic E-state index is 10.9. The van der Waals surface area contributed by atoms with E-state index in [1.54, 1.807) is 13.0 Å². The van der Waals surface area contributed by atoms with E-state index in [1.807, 2.05) is 13.8 Å². The molecule has 0 aliphatic rings. The van der Waals surface area contributed by atoms with Crippen LogP contribution in [0.1, 0.15) is 16.8 Å². The van der Waals surface area contributed by atoms with E-state index in [9.17, 15) is 5.21 Å². The highest BCUT2D eigenvalue weighted by molar-refractivity contribution is 5.22. The summed E-state index contributed by atoms with van der Waals surface area (Å²) in [5.41, 5.74) is 2.90. The second-order valence-electron chi connectivity index (χ2n) is 2.46. The van der Waals surface area contributed by atoms with E-state index in [-0.39, 0.29) is 0 Å². The van der Waals surface area contributed by atoms with Gasteiger partial charge in [0.1, 0.15) is 0 Å². The van der Waals surface area contributed by atoms with Gasteiger partial charge in [0.15, 0.2) is 5.69 Å². The van der Waals surface area contributed by atoms with Gasteiger partial charge in [-0.2, -0.15) is 4.73 Å². The van der Waals surface area contributed by atoms with Crippen LogP contribution >= 0.6 is 0 Å². The summed E-state index contributed by atoms with van der Waals surface area (Å²) in [4.78, 5) is 0. The number of hydrogen-bond donors (Lipinski definition) is 0. The summed E-state index contributed by atoms with van der Waals surface area (Å²) in [7, 11) is 0. The highest BCUT2D eigenvalue weighted by Crippen LogP contribution is 2.05. The standard InChI is InChI=1S/C8H10NO/c1-6-4-5-9(10)8(3)7(6)2/h4H,1-3H3. The Bertz CT molecular complexity index is 229. The van der Waals surface area contributed by atoms with E-state index in [2.05, 4.69) is 6.20 Å². The molecule has 1 aromatic rings. The van der Waals surface area contributed by atoms with Gasteiger partial charge >= 0.3 is 0 Å². The van der Waals surface area contributed by atoms with E-state index in [0.717, 1.165) is 21.6 Å². The van der Waals surface area contributed by atoms with Gasteiger partial charge in [-0.3, -0.25) is 0 Å². The Labute approximate surface area is 60.7 Å². The van der Waals surface area contributed by atoms with Gasteiger partial charge in [0.25, 0.3) is 6.20 Å². The minimum Gasteiger partial charge on any atom is -0.618 e. The zero-order chi connectivity index (χ0) is 7.72. The van der Waals surface area contributed by atoms with Crippen LogP contribution in [0.2, 0.25) is 0 Å². The molecule has 0 unspecified atom stereocenters. The molecule has 1 heterocycles. The summed E-state index contributed by atoms with van der Waals surface area (Å²) >= 11 is 0. The monoisotopic (exact) mass is 136 g/mol. The van der Waals surface area contributed by atoms with E-state index >= 15 is 0 Å². The molecule has 0 N–H and O–H groups in total. The first kappa shape index (κ1) is 7.06. The Kier molecular flexibility index (Phi) is 1.62.